The van der Waals surface area contributed by atoms with E-state index in [1.807, 2.05) is 0 Å². The summed E-state index contributed by atoms with van der Waals surface area (Å²) in [5, 5.41) is 24.9. The number of rotatable bonds is 7. The molecule has 1 heterocycles. The molecule has 0 radical (unpaired) electrons. The van der Waals surface area contributed by atoms with Crippen LogP contribution in [-0.2, 0) is 4.79 Å². The Morgan fingerprint density at radius 2 is 1.90 bits per heavy atom. The van der Waals surface area contributed by atoms with E-state index < -0.39 is 17.7 Å². The van der Waals surface area contributed by atoms with Crippen LogP contribution in [0.25, 0.3) is 0 Å². The maximum Gasteiger partial charge on any atom is 0.339 e. The Morgan fingerprint density at radius 3 is 2.47 bits per heavy atom. The summed E-state index contributed by atoms with van der Waals surface area (Å²) in [6.07, 6.45) is 1.58. The molecule has 0 saturated heterocycles. The van der Waals surface area contributed by atoms with Gasteiger partial charge in [-0.1, -0.05) is 0 Å². The molecule has 2 amide bonds. The molecule has 3 rings (SSSR count). The number of anilines is 3. The van der Waals surface area contributed by atoms with E-state index in [-0.39, 0.29) is 51.6 Å². The molecule has 1 saturated carbocycles. The van der Waals surface area contributed by atoms with Gasteiger partial charge in [0.25, 0.3) is 5.91 Å². The monoisotopic (exact) mass is 417 g/mol. The number of benzene rings is 1. The number of aromatic nitrogens is 2. The van der Waals surface area contributed by atoms with E-state index in [0.29, 0.717) is 0 Å². The molecule has 10 nitrogen and oxygen atoms in total. The fourth-order valence-corrected chi connectivity index (χ4v) is 2.84. The summed E-state index contributed by atoms with van der Waals surface area (Å²) >= 11 is 0. The maximum atomic E-state index is 14.4. The quantitative estimate of drug-likeness (QED) is 0.536. The number of hydrogen-bond donors (Lipinski definition) is 4. The molecule has 0 atom stereocenters. The molecule has 11 heteroatoms. The van der Waals surface area contributed by atoms with Crippen LogP contribution in [0.4, 0.5) is 21.6 Å². The minimum absolute atomic E-state index is 0.0318. The van der Waals surface area contributed by atoms with E-state index in [2.05, 4.69) is 26.1 Å². The first kappa shape index (κ1) is 21.0. The first-order chi connectivity index (χ1) is 14.3. The Labute approximate surface area is 170 Å². The summed E-state index contributed by atoms with van der Waals surface area (Å²) < 4.78 is 19.6. The van der Waals surface area contributed by atoms with Gasteiger partial charge in [0.1, 0.15) is 11.4 Å². The number of carbonyl (C=O) groups excluding carboxylic acids is 2. The van der Waals surface area contributed by atoms with E-state index in [0.717, 1.165) is 18.9 Å². The minimum atomic E-state index is -1.37. The van der Waals surface area contributed by atoms with E-state index in [9.17, 15) is 23.9 Å². The highest BCUT2D eigenvalue weighted by Gasteiger charge is 2.30. The molecule has 0 unspecified atom stereocenters. The summed E-state index contributed by atoms with van der Waals surface area (Å²) in [5.41, 5.74) is -0.543. The second kappa shape index (κ2) is 8.31. The van der Waals surface area contributed by atoms with Gasteiger partial charge < -0.3 is 25.8 Å². The SMILES string of the molecule is CNC(=O)c1nnc(NC(=O)C2CC2)cc1Nc1cc(F)c(C)c(C(=O)O)c1OC. The highest BCUT2D eigenvalue weighted by Crippen LogP contribution is 2.36. The number of carboxylic acids is 1. The lowest BCUT2D eigenvalue weighted by Crippen LogP contribution is -2.22. The first-order valence-corrected chi connectivity index (χ1v) is 9.04. The van der Waals surface area contributed by atoms with Crippen LogP contribution in [0.2, 0.25) is 0 Å². The topological polar surface area (TPSA) is 143 Å². The zero-order valence-corrected chi connectivity index (χ0v) is 16.5. The zero-order chi connectivity index (χ0) is 22.0. The molecule has 1 aliphatic rings. The number of aromatic carboxylic acids is 1. The van der Waals surface area contributed by atoms with Gasteiger partial charge in [-0.25, -0.2) is 9.18 Å². The van der Waals surface area contributed by atoms with Crippen LogP contribution in [-0.4, -0.2) is 47.2 Å². The number of amides is 2. The van der Waals surface area contributed by atoms with Crippen molar-refractivity contribution in [1.29, 1.82) is 0 Å². The standard InChI is InChI=1S/C19H20FN5O5/c1-8-10(20)6-12(16(30-3)14(8)19(28)29)22-11-7-13(23-17(26)9-4-5-9)24-25-15(11)18(27)21-2/h6-7,9H,4-5H2,1-3H3,(H,21,27)(H,28,29)(H2,22,23,24,26). The number of nitrogens with one attached hydrogen (secondary N) is 3. The third-order valence-corrected chi connectivity index (χ3v) is 4.60. The Balaban J connectivity index is 2.06. The van der Waals surface area contributed by atoms with Gasteiger partial charge in [-0.3, -0.25) is 9.59 Å². The third-order valence-electron chi connectivity index (χ3n) is 4.60. The average molecular weight is 417 g/mol. The van der Waals surface area contributed by atoms with Gasteiger partial charge >= 0.3 is 5.97 Å². The summed E-state index contributed by atoms with van der Waals surface area (Å²) in [5.74, 6) is -3.06. The summed E-state index contributed by atoms with van der Waals surface area (Å²) in [4.78, 5) is 35.8. The largest absolute Gasteiger partial charge is 0.494 e. The molecule has 0 bridgehead atoms. The number of carboxylic acid groups (broad SMARTS) is 1. The van der Waals surface area contributed by atoms with E-state index in [1.54, 1.807) is 0 Å². The minimum Gasteiger partial charge on any atom is -0.494 e. The second-order valence-corrected chi connectivity index (χ2v) is 6.70. The van der Waals surface area contributed by atoms with Crippen molar-refractivity contribution in [3.63, 3.8) is 0 Å². The lowest BCUT2D eigenvalue weighted by atomic mass is 10.0. The normalized spacial score (nSPS) is 12.8. The van der Waals surface area contributed by atoms with Crippen molar-refractivity contribution in [2.75, 3.05) is 24.8 Å². The van der Waals surface area contributed by atoms with Crippen LogP contribution < -0.4 is 20.7 Å². The van der Waals surface area contributed by atoms with Gasteiger partial charge in [0.05, 0.1) is 18.5 Å². The molecule has 1 aromatic heterocycles. The van der Waals surface area contributed by atoms with Gasteiger partial charge in [-0.2, -0.15) is 0 Å². The van der Waals surface area contributed by atoms with E-state index in [1.165, 1.54) is 27.1 Å². The fraction of sp³-hybridized carbons (Fsp3) is 0.316. The average Bonchev–Trinajstić information content (AvgIpc) is 3.55. The van der Waals surface area contributed by atoms with E-state index in [4.69, 9.17) is 4.74 Å². The molecule has 2 aromatic rings. The maximum absolute atomic E-state index is 14.4. The highest BCUT2D eigenvalue weighted by molar-refractivity contribution is 6.01. The predicted molar refractivity (Wildman–Crippen MR) is 105 cm³/mol. The van der Waals surface area contributed by atoms with Crippen LogP contribution >= 0.6 is 0 Å². The van der Waals surface area contributed by atoms with Gasteiger partial charge in [0.15, 0.2) is 17.3 Å². The summed E-state index contributed by atoms with van der Waals surface area (Å²) in [6, 6.07) is 2.41. The summed E-state index contributed by atoms with van der Waals surface area (Å²) in [6.45, 7) is 1.32. The molecule has 1 fully saturated rings. The summed E-state index contributed by atoms with van der Waals surface area (Å²) in [7, 11) is 2.64. The van der Waals surface area contributed by atoms with Crippen molar-refractivity contribution in [1.82, 2.24) is 15.5 Å². The van der Waals surface area contributed by atoms with Crippen molar-refractivity contribution in [2.45, 2.75) is 19.8 Å². The van der Waals surface area contributed by atoms with Crippen LogP contribution in [0.15, 0.2) is 12.1 Å². The predicted octanol–water partition coefficient (Wildman–Crippen LogP) is 2.08. The third kappa shape index (κ3) is 4.14. The lowest BCUT2D eigenvalue weighted by Gasteiger charge is -2.17. The van der Waals surface area contributed by atoms with Crippen LogP contribution in [0.1, 0.15) is 39.3 Å². The smallest absolute Gasteiger partial charge is 0.339 e. The zero-order valence-electron chi connectivity index (χ0n) is 16.5. The number of methoxy groups -OCH3 is 1. The molecule has 158 valence electrons. The highest BCUT2D eigenvalue weighted by atomic mass is 19.1. The number of halogens is 1. The fourth-order valence-electron chi connectivity index (χ4n) is 2.84. The lowest BCUT2D eigenvalue weighted by molar-refractivity contribution is -0.117. The Hall–Kier alpha value is -3.76. The van der Waals surface area contributed by atoms with Crippen molar-refractivity contribution < 1.29 is 28.6 Å². The van der Waals surface area contributed by atoms with Crippen LogP contribution in [0, 0.1) is 18.7 Å². The van der Waals surface area contributed by atoms with Crippen molar-refractivity contribution in [3.05, 3.63) is 34.8 Å². The van der Waals surface area contributed by atoms with Gasteiger partial charge in [-0.05, 0) is 19.8 Å². The molecule has 30 heavy (non-hydrogen) atoms. The molecular formula is C19H20FN5O5. The van der Waals surface area contributed by atoms with Gasteiger partial charge in [0, 0.05) is 30.7 Å². The molecule has 1 aliphatic carbocycles. The van der Waals surface area contributed by atoms with Gasteiger partial charge in [0.2, 0.25) is 5.91 Å². The molecule has 0 spiro atoms. The van der Waals surface area contributed by atoms with Crippen molar-refractivity contribution in [3.8, 4) is 5.75 Å². The Morgan fingerprint density at radius 1 is 1.20 bits per heavy atom. The molecular weight excluding hydrogens is 397 g/mol. The van der Waals surface area contributed by atoms with Crippen LogP contribution in [0.5, 0.6) is 5.75 Å². The van der Waals surface area contributed by atoms with Crippen LogP contribution in [0.3, 0.4) is 0 Å². The van der Waals surface area contributed by atoms with Crippen molar-refractivity contribution >= 4 is 35.0 Å². The number of hydrogen-bond acceptors (Lipinski definition) is 7. The number of carbonyl (C=O) groups is 3. The van der Waals surface area contributed by atoms with Crippen molar-refractivity contribution in [2.24, 2.45) is 5.92 Å². The first-order valence-electron chi connectivity index (χ1n) is 9.04. The number of nitrogens with zero attached hydrogens (tertiary/aromatic N) is 2. The molecule has 0 aliphatic heterocycles. The van der Waals surface area contributed by atoms with Gasteiger partial charge in [-0.15, -0.1) is 10.2 Å². The molecule has 4 N–H and O–H groups in total. The second-order valence-electron chi connectivity index (χ2n) is 6.70. The van der Waals surface area contributed by atoms with E-state index >= 15 is 0 Å². The molecule has 1 aromatic carbocycles. The number of ether oxygens (including phenoxy) is 1. The Kier molecular flexibility index (Phi) is 5.81. The Bertz CT molecular complexity index is 1040.